The fourth-order valence-corrected chi connectivity index (χ4v) is 3.42. The molecule has 6 heteroatoms. The van der Waals surface area contributed by atoms with Crippen LogP contribution in [-0.2, 0) is 11.2 Å². The van der Waals surface area contributed by atoms with Gasteiger partial charge in [-0.3, -0.25) is 4.79 Å². The molecule has 1 unspecified atom stereocenters. The van der Waals surface area contributed by atoms with E-state index in [0.29, 0.717) is 24.7 Å². The fourth-order valence-electron chi connectivity index (χ4n) is 3.15. The van der Waals surface area contributed by atoms with Gasteiger partial charge in [0.2, 0.25) is 17.6 Å². The van der Waals surface area contributed by atoms with Crippen LogP contribution in [0, 0.1) is 0 Å². The highest BCUT2D eigenvalue weighted by molar-refractivity contribution is 9.10. The third-order valence-electron chi connectivity index (χ3n) is 4.67. The Morgan fingerprint density at radius 3 is 2.58 bits per heavy atom. The topological polar surface area (TPSA) is 59.2 Å². The van der Waals surface area contributed by atoms with Crippen molar-refractivity contribution >= 4 is 27.5 Å². The summed E-state index contributed by atoms with van der Waals surface area (Å²) < 4.78 is 6.45. The number of hydrogen-bond donors (Lipinski definition) is 0. The minimum atomic E-state index is -0.0787. The van der Waals surface area contributed by atoms with E-state index in [9.17, 15) is 4.79 Å². The van der Waals surface area contributed by atoms with Gasteiger partial charge in [0.05, 0.1) is 5.92 Å². The summed E-state index contributed by atoms with van der Waals surface area (Å²) >= 11 is 3.41. The molecule has 0 N–H and O–H groups in total. The van der Waals surface area contributed by atoms with Crippen LogP contribution < -0.4 is 4.90 Å². The van der Waals surface area contributed by atoms with Crippen LogP contribution in [0.1, 0.15) is 30.7 Å². The SMILES string of the molecule is CCc1ccc(N2CC(c3nc(-c4ccc(Br)cc4)no3)CC2=O)cc1. The Hall–Kier alpha value is -2.47. The van der Waals surface area contributed by atoms with E-state index in [2.05, 4.69) is 45.1 Å². The van der Waals surface area contributed by atoms with Gasteiger partial charge in [-0.1, -0.05) is 40.1 Å². The number of halogens is 1. The Kier molecular flexibility index (Phi) is 4.59. The summed E-state index contributed by atoms with van der Waals surface area (Å²) in [6, 6.07) is 15.9. The van der Waals surface area contributed by atoms with Crippen molar-refractivity contribution in [3.05, 3.63) is 64.5 Å². The maximum absolute atomic E-state index is 12.5. The first kappa shape index (κ1) is 17.0. The predicted molar refractivity (Wildman–Crippen MR) is 103 cm³/mol. The fraction of sp³-hybridized carbons (Fsp3) is 0.250. The first-order valence-electron chi connectivity index (χ1n) is 8.63. The molecule has 1 aliphatic heterocycles. The number of carbonyl (C=O) groups excluding carboxylic acids is 1. The molecule has 2 aromatic carbocycles. The largest absolute Gasteiger partial charge is 0.339 e. The maximum atomic E-state index is 12.5. The predicted octanol–water partition coefficient (Wildman–Crippen LogP) is 4.58. The van der Waals surface area contributed by atoms with Crippen molar-refractivity contribution < 1.29 is 9.32 Å². The summed E-state index contributed by atoms with van der Waals surface area (Å²) in [6.07, 6.45) is 1.37. The van der Waals surface area contributed by atoms with Crippen molar-refractivity contribution in [3.63, 3.8) is 0 Å². The van der Waals surface area contributed by atoms with Crippen molar-refractivity contribution in [2.75, 3.05) is 11.4 Å². The number of hydrogen-bond acceptors (Lipinski definition) is 4. The van der Waals surface area contributed by atoms with Crippen molar-refractivity contribution in [2.24, 2.45) is 0 Å². The zero-order valence-electron chi connectivity index (χ0n) is 14.4. The number of aromatic nitrogens is 2. The molecule has 5 nitrogen and oxygen atoms in total. The highest BCUT2D eigenvalue weighted by atomic mass is 79.9. The Morgan fingerprint density at radius 1 is 1.15 bits per heavy atom. The van der Waals surface area contributed by atoms with Gasteiger partial charge in [0, 0.05) is 28.7 Å². The second kappa shape index (κ2) is 7.03. The molecule has 4 rings (SSSR count). The van der Waals surface area contributed by atoms with Crippen molar-refractivity contribution in [2.45, 2.75) is 25.7 Å². The Labute approximate surface area is 160 Å². The molecule has 1 atom stereocenters. The summed E-state index contributed by atoms with van der Waals surface area (Å²) in [6.45, 7) is 2.68. The van der Waals surface area contributed by atoms with Crippen LogP contribution >= 0.6 is 15.9 Å². The van der Waals surface area contributed by atoms with Gasteiger partial charge in [-0.25, -0.2) is 0 Å². The van der Waals surface area contributed by atoms with Crippen LogP contribution in [-0.4, -0.2) is 22.6 Å². The van der Waals surface area contributed by atoms with Crippen LogP contribution in [0.25, 0.3) is 11.4 Å². The summed E-state index contributed by atoms with van der Waals surface area (Å²) in [5.41, 5.74) is 3.06. The first-order chi connectivity index (χ1) is 12.6. The van der Waals surface area contributed by atoms with Gasteiger partial charge in [-0.15, -0.1) is 0 Å². The molecule has 1 aliphatic rings. The lowest BCUT2D eigenvalue weighted by Gasteiger charge is -2.16. The van der Waals surface area contributed by atoms with Gasteiger partial charge in [0.1, 0.15) is 0 Å². The maximum Gasteiger partial charge on any atom is 0.232 e. The van der Waals surface area contributed by atoms with E-state index in [1.54, 1.807) is 4.90 Å². The Bertz CT molecular complexity index is 919. The zero-order chi connectivity index (χ0) is 18.1. The molecule has 0 saturated carbocycles. The molecule has 0 bridgehead atoms. The highest BCUT2D eigenvalue weighted by Crippen LogP contribution is 2.32. The number of amides is 1. The lowest BCUT2D eigenvalue weighted by Crippen LogP contribution is -2.24. The average molecular weight is 412 g/mol. The quantitative estimate of drug-likeness (QED) is 0.630. The molecular weight excluding hydrogens is 394 g/mol. The Morgan fingerprint density at radius 2 is 1.88 bits per heavy atom. The van der Waals surface area contributed by atoms with E-state index < -0.39 is 0 Å². The third-order valence-corrected chi connectivity index (χ3v) is 5.20. The molecule has 26 heavy (non-hydrogen) atoms. The van der Waals surface area contributed by atoms with Gasteiger partial charge in [-0.05, 0) is 48.4 Å². The molecule has 1 aromatic heterocycles. The lowest BCUT2D eigenvalue weighted by atomic mass is 10.1. The monoisotopic (exact) mass is 411 g/mol. The molecule has 3 aromatic rings. The highest BCUT2D eigenvalue weighted by Gasteiger charge is 2.35. The molecule has 1 saturated heterocycles. The number of anilines is 1. The van der Waals surface area contributed by atoms with Gasteiger partial charge < -0.3 is 9.42 Å². The van der Waals surface area contributed by atoms with Crippen LogP contribution in [0.2, 0.25) is 0 Å². The Balaban J connectivity index is 1.52. The van der Waals surface area contributed by atoms with Crippen molar-refractivity contribution in [1.82, 2.24) is 10.1 Å². The van der Waals surface area contributed by atoms with Crippen molar-refractivity contribution in [1.29, 1.82) is 0 Å². The van der Waals surface area contributed by atoms with Crippen molar-refractivity contribution in [3.8, 4) is 11.4 Å². The number of aryl methyl sites for hydroxylation is 1. The van der Waals surface area contributed by atoms with Crippen LogP contribution in [0.5, 0.6) is 0 Å². The average Bonchev–Trinajstić information content (AvgIpc) is 3.29. The van der Waals surface area contributed by atoms with Gasteiger partial charge in [-0.2, -0.15) is 4.98 Å². The van der Waals surface area contributed by atoms with Gasteiger partial charge in [0.25, 0.3) is 0 Å². The number of benzene rings is 2. The molecule has 1 fully saturated rings. The smallest absolute Gasteiger partial charge is 0.232 e. The number of carbonyl (C=O) groups is 1. The van der Waals surface area contributed by atoms with E-state index in [4.69, 9.17) is 4.52 Å². The zero-order valence-corrected chi connectivity index (χ0v) is 15.9. The van der Waals surface area contributed by atoms with Crippen LogP contribution in [0.15, 0.2) is 57.5 Å². The number of nitrogens with zero attached hydrogens (tertiary/aromatic N) is 3. The van der Waals surface area contributed by atoms with E-state index >= 15 is 0 Å². The minimum Gasteiger partial charge on any atom is -0.339 e. The molecule has 2 heterocycles. The third kappa shape index (κ3) is 3.29. The molecule has 0 spiro atoms. The summed E-state index contributed by atoms with van der Waals surface area (Å²) in [4.78, 5) is 18.8. The second-order valence-electron chi connectivity index (χ2n) is 6.39. The van der Waals surface area contributed by atoms with Crippen LogP contribution in [0.3, 0.4) is 0 Å². The molecule has 132 valence electrons. The number of rotatable bonds is 4. The van der Waals surface area contributed by atoms with E-state index in [0.717, 1.165) is 22.1 Å². The molecule has 0 aliphatic carbocycles. The lowest BCUT2D eigenvalue weighted by molar-refractivity contribution is -0.117. The molecular formula is C20H18BrN3O2. The van der Waals surface area contributed by atoms with Gasteiger partial charge in [0.15, 0.2) is 0 Å². The molecule has 1 amide bonds. The second-order valence-corrected chi connectivity index (χ2v) is 7.30. The van der Waals surface area contributed by atoms with Gasteiger partial charge >= 0.3 is 0 Å². The summed E-state index contributed by atoms with van der Waals surface area (Å²) in [5, 5.41) is 4.07. The summed E-state index contributed by atoms with van der Waals surface area (Å²) in [5.74, 6) is 1.07. The van der Waals surface area contributed by atoms with E-state index in [1.807, 2.05) is 36.4 Å². The minimum absolute atomic E-state index is 0.0787. The molecule has 0 radical (unpaired) electrons. The van der Waals surface area contributed by atoms with E-state index in [-0.39, 0.29) is 11.8 Å². The van der Waals surface area contributed by atoms with E-state index in [1.165, 1.54) is 5.56 Å². The standard InChI is InChI=1S/C20H18BrN3O2/c1-2-13-3-9-17(10-4-13)24-12-15(11-18(24)25)20-22-19(23-26-20)14-5-7-16(21)8-6-14/h3-10,15H,2,11-12H2,1H3. The normalized spacial score (nSPS) is 17.1. The first-order valence-corrected chi connectivity index (χ1v) is 9.42. The summed E-state index contributed by atoms with van der Waals surface area (Å²) in [7, 11) is 0. The van der Waals surface area contributed by atoms with Crippen LogP contribution in [0.4, 0.5) is 5.69 Å².